The number of nitrogens with one attached hydrogen (secondary N) is 2. The Balaban J connectivity index is 0.00000176. The molecule has 0 bridgehead atoms. The number of halogens is 1. The van der Waals surface area contributed by atoms with Crippen LogP contribution in [0, 0.1) is 5.92 Å². The van der Waals surface area contributed by atoms with E-state index in [9.17, 15) is 9.59 Å². The smallest absolute Gasteiger partial charge is 0.408 e. The molecule has 0 spiro atoms. The van der Waals surface area contributed by atoms with E-state index < -0.39 is 5.76 Å². The van der Waals surface area contributed by atoms with E-state index >= 15 is 0 Å². The lowest BCUT2D eigenvalue weighted by Crippen LogP contribution is -2.15. The number of benzene rings is 1. The Morgan fingerprint density at radius 3 is 3.05 bits per heavy atom. The number of oxazole rings is 1. The minimum Gasteiger partial charge on any atom is -0.408 e. The molecular formula is C15H20ClN3O3. The van der Waals surface area contributed by atoms with Crippen LogP contribution in [0.5, 0.6) is 0 Å². The van der Waals surface area contributed by atoms with Gasteiger partial charge in [0.1, 0.15) is 0 Å². The first-order chi connectivity index (χ1) is 10.1. The molecule has 0 saturated carbocycles. The van der Waals surface area contributed by atoms with E-state index in [4.69, 9.17) is 4.42 Å². The molecule has 1 aliphatic heterocycles. The highest BCUT2D eigenvalue weighted by molar-refractivity contribution is 5.92. The van der Waals surface area contributed by atoms with Crippen molar-refractivity contribution >= 4 is 35.1 Å². The Labute approximate surface area is 134 Å². The molecule has 1 unspecified atom stereocenters. The number of hydrogen-bond acceptors (Lipinski definition) is 4. The molecule has 1 atom stereocenters. The first-order valence-electron chi connectivity index (χ1n) is 7.23. The average molecular weight is 326 g/mol. The van der Waals surface area contributed by atoms with Gasteiger partial charge in [0, 0.05) is 25.2 Å². The van der Waals surface area contributed by atoms with E-state index in [2.05, 4.69) is 10.6 Å². The number of carbonyl (C=O) groups is 1. The van der Waals surface area contributed by atoms with Gasteiger partial charge in [-0.15, -0.1) is 12.4 Å². The SMILES string of the molecule is Cl.Cn1c(=O)oc2cc(NC(=O)CCC3CCNC3)ccc21. The average Bonchev–Trinajstić information content (AvgIpc) is 3.06. The van der Waals surface area contributed by atoms with Gasteiger partial charge in [-0.2, -0.15) is 0 Å². The van der Waals surface area contributed by atoms with Crippen LogP contribution in [-0.2, 0) is 11.8 Å². The summed E-state index contributed by atoms with van der Waals surface area (Å²) in [5, 5.41) is 6.15. The Morgan fingerprint density at radius 2 is 2.32 bits per heavy atom. The summed E-state index contributed by atoms with van der Waals surface area (Å²) in [5.74, 6) is 0.201. The summed E-state index contributed by atoms with van der Waals surface area (Å²) in [6.07, 6.45) is 2.57. The zero-order valence-electron chi connectivity index (χ0n) is 12.4. The van der Waals surface area contributed by atoms with Crippen LogP contribution in [0.2, 0.25) is 0 Å². The molecule has 1 aliphatic rings. The molecule has 1 fully saturated rings. The Kier molecular flexibility index (Phi) is 5.26. The molecule has 2 heterocycles. The largest absolute Gasteiger partial charge is 0.419 e. The number of fused-ring (bicyclic) bond motifs is 1. The summed E-state index contributed by atoms with van der Waals surface area (Å²) in [6.45, 7) is 2.06. The maximum atomic E-state index is 11.9. The minimum atomic E-state index is -0.401. The summed E-state index contributed by atoms with van der Waals surface area (Å²) in [7, 11) is 1.65. The van der Waals surface area contributed by atoms with Crippen molar-refractivity contribution in [2.24, 2.45) is 13.0 Å². The number of anilines is 1. The van der Waals surface area contributed by atoms with Crippen LogP contribution < -0.4 is 16.4 Å². The van der Waals surface area contributed by atoms with E-state index in [1.165, 1.54) is 4.57 Å². The molecule has 120 valence electrons. The van der Waals surface area contributed by atoms with Gasteiger partial charge in [0.15, 0.2) is 5.58 Å². The van der Waals surface area contributed by atoms with Crippen LogP contribution in [0.4, 0.5) is 5.69 Å². The van der Waals surface area contributed by atoms with Crippen LogP contribution in [-0.4, -0.2) is 23.6 Å². The predicted octanol–water partition coefficient (Wildman–Crippen LogP) is 1.88. The molecule has 6 nitrogen and oxygen atoms in total. The summed E-state index contributed by atoms with van der Waals surface area (Å²) in [4.78, 5) is 23.4. The second-order valence-electron chi connectivity index (χ2n) is 5.56. The van der Waals surface area contributed by atoms with E-state index in [1.54, 1.807) is 25.2 Å². The standard InChI is InChI=1S/C15H19N3O3.ClH/c1-18-12-4-3-11(8-13(12)21-15(18)20)17-14(19)5-2-10-6-7-16-9-10;/h3-4,8,10,16H,2,5-7,9H2,1H3,(H,17,19);1H. The quantitative estimate of drug-likeness (QED) is 0.900. The first-order valence-corrected chi connectivity index (χ1v) is 7.23. The van der Waals surface area contributed by atoms with Crippen molar-refractivity contribution in [2.75, 3.05) is 18.4 Å². The van der Waals surface area contributed by atoms with Gasteiger partial charge >= 0.3 is 5.76 Å². The van der Waals surface area contributed by atoms with Gasteiger partial charge in [-0.25, -0.2) is 4.79 Å². The fraction of sp³-hybridized carbons (Fsp3) is 0.467. The van der Waals surface area contributed by atoms with Crippen LogP contribution in [0.1, 0.15) is 19.3 Å². The van der Waals surface area contributed by atoms with E-state index in [0.29, 0.717) is 23.6 Å². The topological polar surface area (TPSA) is 76.3 Å². The fourth-order valence-corrected chi connectivity index (χ4v) is 2.73. The minimum absolute atomic E-state index is 0. The lowest BCUT2D eigenvalue weighted by atomic mass is 10.0. The first kappa shape index (κ1) is 16.6. The predicted molar refractivity (Wildman–Crippen MR) is 87.5 cm³/mol. The highest BCUT2D eigenvalue weighted by atomic mass is 35.5. The van der Waals surface area contributed by atoms with Gasteiger partial charge < -0.3 is 15.1 Å². The number of rotatable bonds is 4. The molecule has 0 radical (unpaired) electrons. The summed E-state index contributed by atoms with van der Waals surface area (Å²) in [5.41, 5.74) is 1.86. The molecule has 1 saturated heterocycles. The van der Waals surface area contributed by atoms with Gasteiger partial charge in [-0.1, -0.05) is 0 Å². The molecule has 3 rings (SSSR count). The van der Waals surface area contributed by atoms with Gasteiger partial charge in [0.05, 0.1) is 5.52 Å². The van der Waals surface area contributed by atoms with Crippen LogP contribution in [0.3, 0.4) is 0 Å². The summed E-state index contributed by atoms with van der Waals surface area (Å²) in [6, 6.07) is 5.24. The Hall–Kier alpha value is -1.79. The number of amides is 1. The van der Waals surface area contributed by atoms with Crippen molar-refractivity contribution in [3.8, 4) is 0 Å². The van der Waals surface area contributed by atoms with E-state index in [-0.39, 0.29) is 18.3 Å². The van der Waals surface area contributed by atoms with E-state index in [0.717, 1.165) is 31.4 Å². The Bertz CT molecular complexity index is 716. The van der Waals surface area contributed by atoms with Gasteiger partial charge in [-0.3, -0.25) is 9.36 Å². The van der Waals surface area contributed by atoms with Gasteiger partial charge in [-0.05, 0) is 44.0 Å². The van der Waals surface area contributed by atoms with Gasteiger partial charge in [0.25, 0.3) is 0 Å². The normalized spacial score (nSPS) is 17.4. The molecule has 2 N–H and O–H groups in total. The highest BCUT2D eigenvalue weighted by Gasteiger charge is 2.16. The molecular weight excluding hydrogens is 306 g/mol. The van der Waals surface area contributed by atoms with Crippen molar-refractivity contribution in [1.29, 1.82) is 0 Å². The van der Waals surface area contributed by atoms with Crippen LogP contribution in [0.25, 0.3) is 11.1 Å². The maximum absolute atomic E-state index is 11.9. The lowest BCUT2D eigenvalue weighted by Gasteiger charge is -2.08. The molecule has 22 heavy (non-hydrogen) atoms. The maximum Gasteiger partial charge on any atom is 0.419 e. The molecule has 1 aromatic heterocycles. The van der Waals surface area contributed by atoms with Crippen LogP contribution in [0.15, 0.2) is 27.4 Å². The van der Waals surface area contributed by atoms with Crippen LogP contribution >= 0.6 is 12.4 Å². The van der Waals surface area contributed by atoms with E-state index in [1.807, 2.05) is 0 Å². The third-order valence-electron chi connectivity index (χ3n) is 4.02. The fourth-order valence-electron chi connectivity index (χ4n) is 2.73. The zero-order valence-corrected chi connectivity index (χ0v) is 13.2. The molecule has 2 aromatic rings. The second kappa shape index (κ2) is 6.98. The third-order valence-corrected chi connectivity index (χ3v) is 4.02. The number of aromatic nitrogens is 1. The number of nitrogens with zero attached hydrogens (tertiary/aromatic N) is 1. The van der Waals surface area contributed by atoms with Crippen molar-refractivity contribution in [3.05, 3.63) is 28.7 Å². The molecule has 7 heteroatoms. The Morgan fingerprint density at radius 1 is 1.50 bits per heavy atom. The van der Waals surface area contributed by atoms with Crippen molar-refractivity contribution < 1.29 is 9.21 Å². The molecule has 0 aliphatic carbocycles. The summed E-state index contributed by atoms with van der Waals surface area (Å²) >= 11 is 0. The highest BCUT2D eigenvalue weighted by Crippen LogP contribution is 2.19. The zero-order chi connectivity index (χ0) is 14.8. The second-order valence-corrected chi connectivity index (χ2v) is 5.56. The number of aryl methyl sites for hydroxylation is 1. The third kappa shape index (κ3) is 3.51. The number of carbonyl (C=O) groups excluding carboxylic acids is 1. The molecule has 1 amide bonds. The summed E-state index contributed by atoms with van der Waals surface area (Å²) < 4.78 is 6.55. The van der Waals surface area contributed by atoms with Crippen molar-refractivity contribution in [2.45, 2.75) is 19.3 Å². The number of hydrogen-bond donors (Lipinski definition) is 2. The van der Waals surface area contributed by atoms with Crippen molar-refractivity contribution in [1.82, 2.24) is 9.88 Å². The lowest BCUT2D eigenvalue weighted by molar-refractivity contribution is -0.116. The molecule has 1 aromatic carbocycles. The van der Waals surface area contributed by atoms with Crippen molar-refractivity contribution in [3.63, 3.8) is 0 Å². The van der Waals surface area contributed by atoms with Gasteiger partial charge in [0.2, 0.25) is 5.91 Å². The monoisotopic (exact) mass is 325 g/mol.